The van der Waals surface area contributed by atoms with Gasteiger partial charge in [-0.15, -0.1) is 0 Å². The lowest BCUT2D eigenvalue weighted by Gasteiger charge is -1.97. The van der Waals surface area contributed by atoms with Gasteiger partial charge in [0, 0.05) is 0 Å². The zero-order valence-corrected chi connectivity index (χ0v) is 6.37. The van der Waals surface area contributed by atoms with Crippen LogP contribution in [-0.2, 0) is 0 Å². The van der Waals surface area contributed by atoms with Crippen LogP contribution in [0.3, 0.4) is 0 Å². The molecular weight excluding hydrogens is 145 g/mol. The van der Waals surface area contributed by atoms with Crippen molar-refractivity contribution in [3.05, 3.63) is 5.38 Å². The number of hydrogen-bond donors (Lipinski definition) is 0. The monoisotopic (exact) mass is 152 g/mol. The van der Waals surface area contributed by atoms with Gasteiger partial charge in [-0.25, -0.2) is 0 Å². The maximum absolute atomic E-state index is 5.69. The predicted octanol–water partition coefficient (Wildman–Crippen LogP) is 1.31. The van der Waals surface area contributed by atoms with Crippen molar-refractivity contribution in [1.29, 1.82) is 0 Å². The zero-order chi connectivity index (χ0) is 6.31. The maximum Gasteiger partial charge on any atom is 0.253 e. The lowest BCUT2D eigenvalue weighted by molar-refractivity contribution is 0.408. The lowest BCUT2D eigenvalue weighted by Crippen LogP contribution is -2.16. The molecule has 0 N–H and O–H groups in total. The molecule has 1 rings (SSSR count). The highest BCUT2D eigenvalue weighted by Gasteiger charge is 2.66. The highest BCUT2D eigenvalue weighted by molar-refractivity contribution is 6.41. The van der Waals surface area contributed by atoms with Crippen LogP contribution in [0.1, 0.15) is 0 Å². The fourth-order valence-electron chi connectivity index (χ4n) is 0.699. The van der Waals surface area contributed by atoms with E-state index in [1.165, 1.54) is 0 Å². The first-order chi connectivity index (χ1) is 3.64. The van der Waals surface area contributed by atoms with Gasteiger partial charge in [0.2, 0.25) is 11.4 Å². The molecule has 0 saturated heterocycles. The third-order valence-corrected chi connectivity index (χ3v) is 2.31. The van der Waals surface area contributed by atoms with E-state index >= 15 is 0 Å². The largest absolute Gasteiger partial charge is 0.262 e. The molecule has 0 aromatic heterocycles. The molecule has 0 aliphatic heterocycles. The summed E-state index contributed by atoms with van der Waals surface area (Å²) >= 11 is 11.3. The summed E-state index contributed by atoms with van der Waals surface area (Å²) in [7, 11) is 3.94. The summed E-state index contributed by atoms with van der Waals surface area (Å²) in [4.78, 5) is 2.01. The molecule has 0 spiro atoms. The van der Waals surface area contributed by atoms with Crippen molar-refractivity contribution < 1.29 is 0 Å². The van der Waals surface area contributed by atoms with Gasteiger partial charge in [-0.1, -0.05) is 11.6 Å². The molecule has 1 aliphatic carbocycles. The van der Waals surface area contributed by atoms with E-state index < -0.39 is 0 Å². The van der Waals surface area contributed by atoms with Crippen LogP contribution in [-0.4, -0.2) is 30.4 Å². The summed E-state index contributed by atoms with van der Waals surface area (Å²) in [6.07, 6.45) is 0. The number of alkyl halides is 1. The minimum Gasteiger partial charge on any atom is -0.262 e. The Balaban J connectivity index is 2.33. The van der Waals surface area contributed by atoms with Crippen LogP contribution in [0.5, 0.6) is 0 Å². The molecular formula is C5H8Cl2N+. The highest BCUT2D eigenvalue weighted by atomic mass is 35.5. The number of halogens is 2. The minimum absolute atomic E-state index is 0.0895. The van der Waals surface area contributed by atoms with Crippen molar-refractivity contribution in [1.82, 2.24) is 4.90 Å². The Kier molecular flexibility index (Phi) is 1.61. The first kappa shape index (κ1) is 6.53. The fraction of sp³-hybridized carbons (Fsp3) is 0.800. The summed E-state index contributed by atoms with van der Waals surface area (Å²) in [6.45, 7) is 0. The van der Waals surface area contributed by atoms with Gasteiger partial charge in [0.15, 0.2) is 0 Å². The Morgan fingerprint density at radius 3 is 1.88 bits per heavy atom. The van der Waals surface area contributed by atoms with E-state index in [0.717, 1.165) is 5.38 Å². The number of nitrogens with zero attached hydrogens (tertiary/aromatic N) is 1. The van der Waals surface area contributed by atoms with Crippen molar-refractivity contribution in [2.45, 2.75) is 11.4 Å². The van der Waals surface area contributed by atoms with E-state index in [2.05, 4.69) is 0 Å². The molecule has 1 fully saturated rings. The Morgan fingerprint density at radius 1 is 1.50 bits per heavy atom. The molecule has 1 aliphatic rings. The molecule has 3 heteroatoms. The van der Waals surface area contributed by atoms with Gasteiger partial charge in [0.25, 0.3) is 5.38 Å². The SMILES string of the molecule is CN(C)C1[C+](Cl)C1Cl. The molecule has 1 nitrogen and oxygen atoms in total. The molecule has 0 amide bonds. The van der Waals surface area contributed by atoms with Crippen molar-refractivity contribution in [3.8, 4) is 0 Å². The van der Waals surface area contributed by atoms with Gasteiger partial charge in [-0.2, -0.15) is 0 Å². The smallest absolute Gasteiger partial charge is 0.253 e. The fourth-order valence-corrected chi connectivity index (χ4v) is 1.56. The summed E-state index contributed by atoms with van der Waals surface area (Å²) in [5, 5.41) is 0.961. The van der Waals surface area contributed by atoms with Crippen LogP contribution in [0.25, 0.3) is 0 Å². The van der Waals surface area contributed by atoms with Crippen LogP contribution in [0.2, 0.25) is 0 Å². The second-order valence-corrected chi connectivity index (χ2v) is 3.10. The van der Waals surface area contributed by atoms with Gasteiger partial charge in [0.05, 0.1) is 0 Å². The van der Waals surface area contributed by atoms with Crippen molar-refractivity contribution in [3.63, 3.8) is 0 Å². The third-order valence-electron chi connectivity index (χ3n) is 1.27. The van der Waals surface area contributed by atoms with E-state index in [1.807, 2.05) is 19.0 Å². The van der Waals surface area contributed by atoms with E-state index in [9.17, 15) is 0 Å². The van der Waals surface area contributed by atoms with Gasteiger partial charge >= 0.3 is 0 Å². The van der Waals surface area contributed by atoms with E-state index in [0.29, 0.717) is 6.04 Å². The van der Waals surface area contributed by atoms with Crippen molar-refractivity contribution >= 4 is 23.2 Å². The van der Waals surface area contributed by atoms with Crippen LogP contribution in [0, 0.1) is 5.38 Å². The second-order valence-electron chi connectivity index (χ2n) is 2.20. The number of hydrogen-bond acceptors (Lipinski definition) is 1. The highest BCUT2D eigenvalue weighted by Crippen LogP contribution is 2.45. The molecule has 1 saturated carbocycles. The second kappa shape index (κ2) is 1.98. The third kappa shape index (κ3) is 0.903. The summed E-state index contributed by atoms with van der Waals surface area (Å²) in [5.41, 5.74) is 0. The Hall–Kier alpha value is 0.410. The minimum atomic E-state index is 0.0895. The van der Waals surface area contributed by atoms with Crippen LogP contribution in [0.4, 0.5) is 0 Å². The lowest BCUT2D eigenvalue weighted by atomic mass is 10.6. The van der Waals surface area contributed by atoms with Gasteiger partial charge in [-0.05, 0) is 14.1 Å². The molecule has 0 bridgehead atoms. The topological polar surface area (TPSA) is 3.24 Å². The van der Waals surface area contributed by atoms with Crippen molar-refractivity contribution in [2.24, 2.45) is 0 Å². The first-order valence-corrected chi connectivity index (χ1v) is 3.28. The Bertz CT molecular complexity index is 79.7. The first-order valence-electron chi connectivity index (χ1n) is 2.47. The Labute approximate surface area is 59.6 Å². The average molecular weight is 153 g/mol. The molecule has 0 aromatic carbocycles. The predicted molar refractivity (Wildman–Crippen MR) is 36.2 cm³/mol. The molecule has 0 radical (unpaired) electrons. The summed E-state index contributed by atoms with van der Waals surface area (Å²) in [6, 6.07) is 0.318. The maximum atomic E-state index is 5.69. The van der Waals surface area contributed by atoms with Gasteiger partial charge in [0.1, 0.15) is 11.6 Å². The Morgan fingerprint density at radius 2 is 1.88 bits per heavy atom. The van der Waals surface area contributed by atoms with E-state index in [-0.39, 0.29) is 5.38 Å². The zero-order valence-electron chi connectivity index (χ0n) is 4.86. The van der Waals surface area contributed by atoms with Gasteiger partial charge < -0.3 is 0 Å². The van der Waals surface area contributed by atoms with Crippen LogP contribution in [0.15, 0.2) is 0 Å². The average Bonchev–Trinajstić information content (AvgIpc) is 2.15. The molecule has 46 valence electrons. The molecule has 2 unspecified atom stereocenters. The molecule has 0 aromatic rings. The number of rotatable bonds is 1. The normalized spacial score (nSPS) is 36.4. The standard InChI is InChI=1S/C5H8Cl2N/c1-8(2)5-3(6)4(5)7/h3,5H,1-2H3/q+1. The summed E-state index contributed by atoms with van der Waals surface area (Å²) in [5.74, 6) is 0. The van der Waals surface area contributed by atoms with Crippen LogP contribution >= 0.6 is 23.2 Å². The van der Waals surface area contributed by atoms with Crippen LogP contribution < -0.4 is 0 Å². The van der Waals surface area contributed by atoms with Crippen molar-refractivity contribution in [2.75, 3.05) is 14.1 Å². The van der Waals surface area contributed by atoms with E-state index in [4.69, 9.17) is 23.2 Å². The molecule has 8 heavy (non-hydrogen) atoms. The summed E-state index contributed by atoms with van der Waals surface area (Å²) < 4.78 is 0. The molecule has 0 heterocycles. The van der Waals surface area contributed by atoms with E-state index in [1.54, 1.807) is 0 Å². The molecule has 2 atom stereocenters. The van der Waals surface area contributed by atoms with Gasteiger partial charge in [-0.3, -0.25) is 4.90 Å². The quantitative estimate of drug-likeness (QED) is 0.405.